The highest BCUT2D eigenvalue weighted by molar-refractivity contribution is 5.91. The molecule has 0 spiro atoms. The third-order valence-electron chi connectivity index (χ3n) is 8.84. The molecule has 1 aromatic rings. The molecule has 1 fully saturated rings. The molecule has 46 heavy (non-hydrogen) atoms. The normalized spacial score (nSPS) is 16.9. The number of carbonyl (C=O) groups excluding carboxylic acids is 3. The zero-order chi connectivity index (χ0) is 34.1. The summed E-state index contributed by atoms with van der Waals surface area (Å²) in [6.45, 7) is 5.63. The van der Waals surface area contributed by atoms with Crippen LogP contribution < -0.4 is 10.6 Å². The molecular formula is C36H57FN4O5. The number of nitrogens with one attached hydrogen (secondary N) is 2. The van der Waals surface area contributed by atoms with E-state index < -0.39 is 48.8 Å². The third kappa shape index (κ3) is 14.2. The molecule has 0 aromatic heterocycles. The van der Waals surface area contributed by atoms with Crippen molar-refractivity contribution in [1.29, 1.82) is 0 Å². The van der Waals surface area contributed by atoms with Gasteiger partial charge in [-0.3, -0.25) is 19.3 Å². The molecule has 1 aliphatic carbocycles. The Morgan fingerprint density at radius 1 is 1.00 bits per heavy atom. The molecule has 2 rings (SSSR count). The first-order valence-electron chi connectivity index (χ1n) is 16.8. The van der Waals surface area contributed by atoms with Crippen LogP contribution in [0.2, 0.25) is 0 Å². The van der Waals surface area contributed by atoms with Gasteiger partial charge in [0.05, 0.1) is 18.1 Å². The van der Waals surface area contributed by atoms with Crippen LogP contribution in [-0.2, 0) is 20.8 Å². The fourth-order valence-electron chi connectivity index (χ4n) is 5.97. The van der Waals surface area contributed by atoms with Crippen molar-refractivity contribution in [2.24, 2.45) is 17.8 Å². The highest BCUT2D eigenvalue weighted by Gasteiger charge is 2.34. The SMILES string of the molecule is CC#CC[C@H](NC(=O)C(CC(=O)N(C)CCN(C)CF)Cc1ccccc1)C(=O)NC(CC1CCCCC1)C(O)C(O)CC(C)C. The number of aliphatic hydroxyl groups is 2. The largest absolute Gasteiger partial charge is 0.390 e. The van der Waals surface area contributed by atoms with E-state index in [1.807, 2.05) is 44.2 Å². The summed E-state index contributed by atoms with van der Waals surface area (Å²) in [7, 11) is 3.25. The number of carbonyl (C=O) groups is 3. The monoisotopic (exact) mass is 644 g/mol. The number of amides is 3. The molecule has 0 heterocycles. The zero-order valence-electron chi connectivity index (χ0n) is 28.5. The van der Waals surface area contributed by atoms with E-state index in [0.717, 1.165) is 31.2 Å². The average molecular weight is 645 g/mol. The number of nitrogens with zero attached hydrogens (tertiary/aromatic N) is 2. The Bertz CT molecular complexity index is 1120. The Morgan fingerprint density at radius 3 is 2.28 bits per heavy atom. The Kier molecular flexibility index (Phi) is 17.9. The van der Waals surface area contributed by atoms with Gasteiger partial charge in [-0.1, -0.05) is 76.3 Å². The van der Waals surface area contributed by atoms with Crippen LogP contribution >= 0.6 is 0 Å². The van der Waals surface area contributed by atoms with E-state index >= 15 is 0 Å². The molecule has 0 aliphatic heterocycles. The first kappa shape index (κ1) is 39.2. The molecular weight excluding hydrogens is 587 g/mol. The van der Waals surface area contributed by atoms with Crippen LogP contribution in [-0.4, -0.2) is 96.0 Å². The number of rotatable bonds is 19. The second kappa shape index (κ2) is 21.0. The lowest BCUT2D eigenvalue weighted by molar-refractivity contribution is -0.137. The zero-order valence-corrected chi connectivity index (χ0v) is 28.5. The van der Waals surface area contributed by atoms with Crippen LogP contribution in [0.3, 0.4) is 0 Å². The van der Waals surface area contributed by atoms with E-state index in [4.69, 9.17) is 0 Å². The quantitative estimate of drug-likeness (QED) is 0.135. The van der Waals surface area contributed by atoms with Crippen LogP contribution in [0, 0.1) is 29.6 Å². The summed E-state index contributed by atoms with van der Waals surface area (Å²) in [5.41, 5.74) is 0.874. The Balaban J connectivity index is 2.25. The van der Waals surface area contributed by atoms with Crippen molar-refractivity contribution < 1.29 is 29.0 Å². The number of hydrogen-bond donors (Lipinski definition) is 4. The van der Waals surface area contributed by atoms with E-state index in [9.17, 15) is 29.0 Å². The minimum absolute atomic E-state index is 0.0519. The number of alkyl halides is 1. The molecule has 5 atom stereocenters. The smallest absolute Gasteiger partial charge is 0.243 e. The summed E-state index contributed by atoms with van der Waals surface area (Å²) >= 11 is 0. The average Bonchev–Trinajstić information content (AvgIpc) is 3.04. The Morgan fingerprint density at radius 2 is 1.67 bits per heavy atom. The Hall–Kier alpha value is -3.00. The highest BCUT2D eigenvalue weighted by atomic mass is 19.1. The van der Waals surface area contributed by atoms with Crippen molar-refractivity contribution in [1.82, 2.24) is 20.4 Å². The van der Waals surface area contributed by atoms with Gasteiger partial charge in [0, 0.05) is 33.0 Å². The van der Waals surface area contributed by atoms with E-state index in [2.05, 4.69) is 22.5 Å². The molecule has 3 amide bonds. The first-order valence-corrected chi connectivity index (χ1v) is 16.8. The molecule has 0 saturated heterocycles. The van der Waals surface area contributed by atoms with E-state index in [1.54, 1.807) is 21.0 Å². The topological polar surface area (TPSA) is 122 Å². The van der Waals surface area contributed by atoms with Gasteiger partial charge in [0.15, 0.2) is 0 Å². The van der Waals surface area contributed by atoms with Crippen molar-refractivity contribution in [3.63, 3.8) is 0 Å². The van der Waals surface area contributed by atoms with Crippen molar-refractivity contribution in [2.75, 3.05) is 34.0 Å². The van der Waals surface area contributed by atoms with E-state index in [-0.39, 0.29) is 31.1 Å². The fourth-order valence-corrected chi connectivity index (χ4v) is 5.97. The minimum Gasteiger partial charge on any atom is -0.390 e. The number of halogens is 1. The van der Waals surface area contributed by atoms with E-state index in [0.29, 0.717) is 31.8 Å². The maximum atomic E-state index is 13.8. The summed E-state index contributed by atoms with van der Waals surface area (Å²) in [5, 5.41) is 27.8. The molecule has 0 bridgehead atoms. The maximum Gasteiger partial charge on any atom is 0.243 e. The standard InChI is InChI=1S/C36H57FN4O5/c1-6-7-18-30(36(46)39-31(23-28-16-12-9-13-17-28)34(44)32(42)21-26(2)3)38-35(45)29(22-27-14-10-8-11-15-27)24-33(43)41(5)20-19-40(4)25-37/h8,10-11,14-15,26,28-32,34,42,44H,9,12-13,16-25H2,1-5H3,(H,38,45)(H,39,46)/t29?,30-,31?,32?,34?/m0/s1. The highest BCUT2D eigenvalue weighted by Crippen LogP contribution is 2.29. The van der Waals surface area contributed by atoms with E-state index in [1.165, 1.54) is 16.2 Å². The molecule has 0 radical (unpaired) electrons. The summed E-state index contributed by atoms with van der Waals surface area (Å²) < 4.78 is 12.9. The number of likely N-dealkylation sites (N-methyl/N-ethyl adjacent to an activating group) is 2. The van der Waals surface area contributed by atoms with Crippen LogP contribution in [0.1, 0.15) is 84.1 Å². The van der Waals surface area contributed by atoms with Crippen molar-refractivity contribution in [3.8, 4) is 11.8 Å². The van der Waals surface area contributed by atoms with Gasteiger partial charge >= 0.3 is 0 Å². The second-order valence-corrected chi connectivity index (χ2v) is 13.3. The van der Waals surface area contributed by atoms with Crippen molar-refractivity contribution >= 4 is 17.7 Å². The van der Waals surface area contributed by atoms with Gasteiger partial charge < -0.3 is 25.7 Å². The molecule has 10 heteroatoms. The van der Waals surface area contributed by atoms with Gasteiger partial charge in [-0.25, -0.2) is 4.39 Å². The lowest BCUT2D eigenvalue weighted by Crippen LogP contribution is -2.56. The summed E-state index contributed by atoms with van der Waals surface area (Å²) in [6, 6.07) is 7.67. The van der Waals surface area contributed by atoms with Crippen LogP contribution in [0.5, 0.6) is 0 Å². The minimum atomic E-state index is -1.16. The molecule has 1 aromatic carbocycles. The molecule has 4 N–H and O–H groups in total. The fraction of sp³-hybridized carbons (Fsp3) is 0.694. The number of hydrogen-bond acceptors (Lipinski definition) is 6. The van der Waals surface area contributed by atoms with Gasteiger partial charge in [-0.2, -0.15) is 0 Å². The predicted octanol–water partition coefficient (Wildman–Crippen LogP) is 3.67. The van der Waals surface area contributed by atoms with Gasteiger partial charge in [-0.15, -0.1) is 11.8 Å². The first-order chi connectivity index (χ1) is 21.9. The van der Waals surface area contributed by atoms with Gasteiger partial charge in [0.2, 0.25) is 17.7 Å². The van der Waals surface area contributed by atoms with Crippen molar-refractivity contribution in [2.45, 2.75) is 109 Å². The van der Waals surface area contributed by atoms with Gasteiger partial charge in [0.1, 0.15) is 18.9 Å². The lowest BCUT2D eigenvalue weighted by Gasteiger charge is -2.33. The second-order valence-electron chi connectivity index (χ2n) is 13.3. The van der Waals surface area contributed by atoms with Crippen LogP contribution in [0.4, 0.5) is 4.39 Å². The van der Waals surface area contributed by atoms with Gasteiger partial charge in [0.25, 0.3) is 0 Å². The number of aliphatic hydroxyl groups excluding tert-OH is 2. The molecule has 1 saturated carbocycles. The van der Waals surface area contributed by atoms with Crippen LogP contribution in [0.25, 0.3) is 0 Å². The predicted molar refractivity (Wildman–Crippen MR) is 179 cm³/mol. The Labute approximate surface area is 275 Å². The lowest BCUT2D eigenvalue weighted by atomic mass is 9.82. The summed E-state index contributed by atoms with van der Waals surface area (Å²) in [6.07, 6.45) is 4.42. The van der Waals surface area contributed by atoms with Crippen LogP contribution in [0.15, 0.2) is 30.3 Å². The van der Waals surface area contributed by atoms with Gasteiger partial charge in [-0.05, 0) is 50.6 Å². The molecule has 1 aliphatic rings. The molecule has 258 valence electrons. The molecule has 4 unspecified atom stereocenters. The summed E-state index contributed by atoms with van der Waals surface area (Å²) in [5.74, 6) is 4.22. The summed E-state index contributed by atoms with van der Waals surface area (Å²) in [4.78, 5) is 43.7. The van der Waals surface area contributed by atoms with Crippen molar-refractivity contribution in [3.05, 3.63) is 35.9 Å². The number of benzene rings is 1. The molecule has 9 nitrogen and oxygen atoms in total. The third-order valence-corrected chi connectivity index (χ3v) is 8.84. The maximum absolute atomic E-state index is 13.8.